The van der Waals surface area contributed by atoms with Crippen molar-refractivity contribution in [1.82, 2.24) is 20.0 Å². The highest BCUT2D eigenvalue weighted by atomic mass is 16.6. The normalized spacial score (nSPS) is 19.4. The average molecular weight is 431 g/mol. The van der Waals surface area contributed by atoms with E-state index >= 15 is 0 Å². The summed E-state index contributed by atoms with van der Waals surface area (Å²) < 4.78 is 5.06. The first kappa shape index (κ1) is 23.3. The first-order valence-electron chi connectivity index (χ1n) is 11.6. The van der Waals surface area contributed by atoms with Gasteiger partial charge in [0.15, 0.2) is 5.96 Å². The van der Waals surface area contributed by atoms with Crippen molar-refractivity contribution in [3.8, 4) is 0 Å². The van der Waals surface area contributed by atoms with Crippen LogP contribution in [0.15, 0.2) is 35.3 Å². The molecular formula is C23H38N6O2. The predicted octanol–water partition coefficient (Wildman–Crippen LogP) is 1.72. The molecule has 2 aliphatic rings. The fourth-order valence-electron chi connectivity index (χ4n) is 4.18. The molecule has 0 atom stereocenters. The number of rotatable bonds is 8. The number of ether oxygens (including phenoxy) is 1. The first-order chi connectivity index (χ1) is 15.1. The quantitative estimate of drug-likeness (QED) is 0.371. The minimum atomic E-state index is -0.219. The Balaban J connectivity index is 1.25. The molecule has 2 aliphatic heterocycles. The van der Waals surface area contributed by atoms with Crippen LogP contribution in [0, 0.1) is 0 Å². The molecule has 0 spiro atoms. The number of nitrogens with one attached hydrogen (secondary N) is 1. The Kier molecular flexibility index (Phi) is 9.42. The number of piperidine rings is 1. The number of hydrogen-bond acceptors (Lipinski definition) is 5. The van der Waals surface area contributed by atoms with Crippen LogP contribution in [0.1, 0.15) is 31.7 Å². The van der Waals surface area contributed by atoms with Crippen molar-refractivity contribution in [2.75, 3.05) is 59.0 Å². The van der Waals surface area contributed by atoms with Crippen molar-refractivity contribution in [1.29, 1.82) is 0 Å². The van der Waals surface area contributed by atoms with Gasteiger partial charge in [-0.05, 0) is 31.7 Å². The van der Waals surface area contributed by atoms with E-state index in [0.717, 1.165) is 65.1 Å². The molecule has 3 rings (SSSR count). The molecule has 2 fully saturated rings. The monoisotopic (exact) mass is 430 g/mol. The molecule has 1 aromatic carbocycles. The molecule has 0 unspecified atom stereocenters. The van der Waals surface area contributed by atoms with E-state index in [2.05, 4.69) is 50.4 Å². The van der Waals surface area contributed by atoms with Gasteiger partial charge in [0.25, 0.3) is 0 Å². The van der Waals surface area contributed by atoms with Crippen LogP contribution in [0.4, 0.5) is 4.79 Å². The minimum Gasteiger partial charge on any atom is -0.450 e. The molecule has 1 aromatic rings. The van der Waals surface area contributed by atoms with E-state index in [0.29, 0.717) is 25.7 Å². The molecular weight excluding hydrogens is 392 g/mol. The zero-order valence-electron chi connectivity index (χ0n) is 18.8. The van der Waals surface area contributed by atoms with E-state index in [4.69, 9.17) is 10.5 Å². The van der Waals surface area contributed by atoms with Gasteiger partial charge in [0.05, 0.1) is 6.61 Å². The molecule has 0 saturated carbocycles. The fourth-order valence-corrected chi connectivity index (χ4v) is 4.18. The van der Waals surface area contributed by atoms with Crippen LogP contribution in [0.25, 0.3) is 0 Å². The third-order valence-electron chi connectivity index (χ3n) is 6.00. The van der Waals surface area contributed by atoms with E-state index < -0.39 is 0 Å². The molecule has 0 aliphatic carbocycles. The number of aliphatic imine (C=N–C) groups is 1. The average Bonchev–Trinajstić information content (AvgIpc) is 2.79. The maximum absolute atomic E-state index is 11.8. The Labute approximate surface area is 186 Å². The number of nitrogens with two attached hydrogens (primary N) is 1. The zero-order valence-corrected chi connectivity index (χ0v) is 18.8. The molecule has 2 heterocycles. The highest BCUT2D eigenvalue weighted by Gasteiger charge is 2.23. The predicted molar refractivity (Wildman–Crippen MR) is 124 cm³/mol. The number of hydrogen-bond donors (Lipinski definition) is 2. The number of carbonyl (C=O) groups excluding carboxylic acids is 1. The summed E-state index contributed by atoms with van der Waals surface area (Å²) >= 11 is 0. The number of nitrogens with zero attached hydrogens (tertiary/aromatic N) is 4. The molecule has 0 bridgehead atoms. The van der Waals surface area contributed by atoms with Gasteiger partial charge in [-0.15, -0.1) is 0 Å². The van der Waals surface area contributed by atoms with Crippen molar-refractivity contribution >= 4 is 12.1 Å². The molecule has 3 N–H and O–H groups in total. The lowest BCUT2D eigenvalue weighted by molar-refractivity contribution is 0.0963. The summed E-state index contributed by atoms with van der Waals surface area (Å²) in [7, 11) is 0. The largest absolute Gasteiger partial charge is 0.450 e. The molecule has 2 saturated heterocycles. The van der Waals surface area contributed by atoms with E-state index in [1.165, 1.54) is 5.56 Å². The van der Waals surface area contributed by atoms with Crippen LogP contribution in [0.3, 0.4) is 0 Å². The van der Waals surface area contributed by atoms with Gasteiger partial charge in [0, 0.05) is 64.9 Å². The molecule has 172 valence electrons. The summed E-state index contributed by atoms with van der Waals surface area (Å²) in [6.07, 6.45) is 2.52. The summed E-state index contributed by atoms with van der Waals surface area (Å²) in [5.41, 5.74) is 7.46. The number of likely N-dealkylation sites (tertiary alicyclic amines) is 1. The SMILES string of the molecule is CCOC(=O)N1CCC(NC(N)=NCCCN2CCN(Cc3ccccc3)CC2)CC1. The summed E-state index contributed by atoms with van der Waals surface area (Å²) in [5.74, 6) is 0.516. The number of carbonyl (C=O) groups is 1. The Morgan fingerprint density at radius 3 is 2.45 bits per heavy atom. The summed E-state index contributed by atoms with van der Waals surface area (Å²) in [5, 5.41) is 3.31. The summed E-state index contributed by atoms with van der Waals surface area (Å²) in [4.78, 5) is 23.1. The lowest BCUT2D eigenvalue weighted by Crippen LogP contribution is -2.48. The second kappa shape index (κ2) is 12.5. The van der Waals surface area contributed by atoms with Crippen molar-refractivity contribution in [2.45, 2.75) is 38.8 Å². The topological polar surface area (TPSA) is 86.4 Å². The third kappa shape index (κ3) is 8.03. The van der Waals surface area contributed by atoms with Crippen LogP contribution in [-0.4, -0.2) is 91.8 Å². The standard InChI is InChI=1S/C23H38N6O2/c1-2-31-23(30)29-13-9-21(10-14-29)26-22(24)25-11-6-12-27-15-17-28(18-16-27)19-20-7-4-3-5-8-20/h3-5,7-8,21H,2,6,9-19H2,1H3,(H3,24,25,26). The Morgan fingerprint density at radius 1 is 1.10 bits per heavy atom. The zero-order chi connectivity index (χ0) is 21.9. The van der Waals surface area contributed by atoms with Crippen LogP contribution in [0.2, 0.25) is 0 Å². The first-order valence-corrected chi connectivity index (χ1v) is 11.6. The Hall–Kier alpha value is -2.32. The Morgan fingerprint density at radius 2 is 1.77 bits per heavy atom. The number of piperazine rings is 1. The van der Waals surface area contributed by atoms with E-state index in [1.54, 1.807) is 4.90 Å². The maximum Gasteiger partial charge on any atom is 0.409 e. The molecule has 8 heteroatoms. The van der Waals surface area contributed by atoms with Crippen LogP contribution in [-0.2, 0) is 11.3 Å². The lowest BCUT2D eigenvalue weighted by Gasteiger charge is -2.34. The van der Waals surface area contributed by atoms with Gasteiger partial charge in [0.2, 0.25) is 0 Å². The number of guanidine groups is 1. The molecule has 1 amide bonds. The van der Waals surface area contributed by atoms with Crippen molar-refractivity contribution in [2.24, 2.45) is 10.7 Å². The van der Waals surface area contributed by atoms with Gasteiger partial charge < -0.3 is 25.6 Å². The maximum atomic E-state index is 11.8. The van der Waals surface area contributed by atoms with Gasteiger partial charge in [-0.3, -0.25) is 9.89 Å². The second-order valence-electron chi connectivity index (χ2n) is 8.33. The molecule has 0 radical (unpaired) electrons. The summed E-state index contributed by atoms with van der Waals surface area (Å²) in [6, 6.07) is 11.0. The van der Waals surface area contributed by atoms with Crippen LogP contribution < -0.4 is 11.1 Å². The summed E-state index contributed by atoms with van der Waals surface area (Å²) in [6.45, 7) is 10.9. The van der Waals surface area contributed by atoms with E-state index in [1.807, 2.05) is 6.92 Å². The number of benzene rings is 1. The Bertz CT molecular complexity index is 683. The highest BCUT2D eigenvalue weighted by molar-refractivity contribution is 5.78. The van der Waals surface area contributed by atoms with Crippen molar-refractivity contribution < 1.29 is 9.53 Å². The highest BCUT2D eigenvalue weighted by Crippen LogP contribution is 2.11. The van der Waals surface area contributed by atoms with Crippen LogP contribution >= 0.6 is 0 Å². The van der Waals surface area contributed by atoms with Crippen molar-refractivity contribution in [3.63, 3.8) is 0 Å². The van der Waals surface area contributed by atoms with Gasteiger partial charge in [-0.25, -0.2) is 4.79 Å². The van der Waals surface area contributed by atoms with Gasteiger partial charge in [-0.2, -0.15) is 0 Å². The minimum absolute atomic E-state index is 0.219. The third-order valence-corrected chi connectivity index (χ3v) is 6.00. The van der Waals surface area contributed by atoms with Gasteiger partial charge >= 0.3 is 6.09 Å². The van der Waals surface area contributed by atoms with Gasteiger partial charge in [0.1, 0.15) is 0 Å². The van der Waals surface area contributed by atoms with E-state index in [9.17, 15) is 4.79 Å². The lowest BCUT2D eigenvalue weighted by atomic mass is 10.1. The fraction of sp³-hybridized carbons (Fsp3) is 0.652. The van der Waals surface area contributed by atoms with Crippen molar-refractivity contribution in [3.05, 3.63) is 35.9 Å². The smallest absolute Gasteiger partial charge is 0.409 e. The molecule has 31 heavy (non-hydrogen) atoms. The molecule has 0 aromatic heterocycles. The second-order valence-corrected chi connectivity index (χ2v) is 8.33. The van der Waals surface area contributed by atoms with E-state index in [-0.39, 0.29) is 12.1 Å². The van der Waals surface area contributed by atoms with Gasteiger partial charge in [-0.1, -0.05) is 30.3 Å². The van der Waals surface area contributed by atoms with Crippen LogP contribution in [0.5, 0.6) is 0 Å². The molecule has 8 nitrogen and oxygen atoms in total. The number of amides is 1.